The van der Waals surface area contributed by atoms with Crippen molar-refractivity contribution in [2.24, 2.45) is 4.99 Å². The van der Waals surface area contributed by atoms with E-state index in [1.807, 2.05) is 0 Å². The molecule has 1 aromatic carbocycles. The molecule has 0 spiro atoms. The van der Waals surface area contributed by atoms with E-state index in [9.17, 15) is 18.0 Å². The largest absolute Gasteiger partial charge is 0.416 e. The first kappa shape index (κ1) is 23.0. The first-order chi connectivity index (χ1) is 13.7. The number of alkyl halides is 3. The summed E-state index contributed by atoms with van der Waals surface area (Å²) in [6.07, 6.45) is -2.16. The SMILES string of the molecule is CCN1CCCC1CNC(=NCc1cccc(C(F)(F)F)c1)NCC(=O)N(C)C. The molecular formula is C20H30F3N5O. The number of carbonyl (C=O) groups is 1. The van der Waals surface area contributed by atoms with E-state index in [2.05, 4.69) is 27.4 Å². The van der Waals surface area contributed by atoms with E-state index in [1.54, 1.807) is 20.2 Å². The minimum Gasteiger partial charge on any atom is -0.355 e. The molecule has 1 heterocycles. The molecule has 1 fully saturated rings. The molecule has 1 aliphatic rings. The first-order valence-electron chi connectivity index (χ1n) is 9.83. The molecule has 0 aromatic heterocycles. The number of hydrogen-bond donors (Lipinski definition) is 2. The average molecular weight is 413 g/mol. The molecule has 1 aromatic rings. The van der Waals surface area contributed by atoms with Gasteiger partial charge in [0.25, 0.3) is 0 Å². The van der Waals surface area contributed by atoms with Crippen molar-refractivity contribution in [3.63, 3.8) is 0 Å². The Morgan fingerprint density at radius 3 is 2.72 bits per heavy atom. The number of rotatable bonds is 7. The second-order valence-corrected chi connectivity index (χ2v) is 7.31. The smallest absolute Gasteiger partial charge is 0.355 e. The Kier molecular flexibility index (Phi) is 8.31. The number of benzene rings is 1. The Morgan fingerprint density at radius 1 is 1.31 bits per heavy atom. The van der Waals surface area contributed by atoms with Gasteiger partial charge in [0.15, 0.2) is 5.96 Å². The number of halogens is 3. The fraction of sp³-hybridized carbons (Fsp3) is 0.600. The van der Waals surface area contributed by atoms with Crippen LogP contribution in [0.2, 0.25) is 0 Å². The summed E-state index contributed by atoms with van der Waals surface area (Å²) in [6.45, 7) is 4.95. The van der Waals surface area contributed by atoms with E-state index in [0.717, 1.165) is 38.1 Å². The zero-order valence-electron chi connectivity index (χ0n) is 17.2. The van der Waals surface area contributed by atoms with Gasteiger partial charge in [-0.1, -0.05) is 19.1 Å². The van der Waals surface area contributed by atoms with Crippen molar-refractivity contribution in [1.82, 2.24) is 20.4 Å². The van der Waals surface area contributed by atoms with Crippen LogP contribution in [0.4, 0.5) is 13.2 Å². The van der Waals surface area contributed by atoms with Crippen molar-refractivity contribution in [3.05, 3.63) is 35.4 Å². The molecule has 1 unspecified atom stereocenters. The van der Waals surface area contributed by atoms with Gasteiger partial charge in [-0.25, -0.2) is 4.99 Å². The van der Waals surface area contributed by atoms with E-state index in [0.29, 0.717) is 24.1 Å². The predicted octanol–water partition coefficient (Wildman–Crippen LogP) is 2.31. The standard InChI is InChI=1S/C20H30F3N5O/c1-4-28-10-6-9-17(28)13-25-19(26-14-18(29)27(2)3)24-12-15-7-5-8-16(11-15)20(21,22)23/h5,7-8,11,17H,4,6,9-10,12-14H2,1-3H3,(H2,24,25,26). The second-order valence-electron chi connectivity index (χ2n) is 7.31. The molecule has 0 aliphatic carbocycles. The molecule has 9 heteroatoms. The number of hydrogen-bond acceptors (Lipinski definition) is 3. The summed E-state index contributed by atoms with van der Waals surface area (Å²) in [6, 6.07) is 5.50. The Labute approximate surface area is 170 Å². The van der Waals surface area contributed by atoms with E-state index >= 15 is 0 Å². The average Bonchev–Trinajstić information content (AvgIpc) is 3.14. The zero-order chi connectivity index (χ0) is 21.4. The number of aliphatic imine (C=N–C) groups is 1. The highest BCUT2D eigenvalue weighted by atomic mass is 19.4. The van der Waals surface area contributed by atoms with E-state index < -0.39 is 11.7 Å². The van der Waals surface area contributed by atoms with Crippen LogP contribution in [0.3, 0.4) is 0 Å². The number of guanidine groups is 1. The van der Waals surface area contributed by atoms with Gasteiger partial charge in [0.1, 0.15) is 0 Å². The molecule has 0 bridgehead atoms. The molecule has 162 valence electrons. The molecule has 1 aliphatic heterocycles. The molecule has 29 heavy (non-hydrogen) atoms. The maximum Gasteiger partial charge on any atom is 0.416 e. The van der Waals surface area contributed by atoms with E-state index in [1.165, 1.54) is 11.0 Å². The van der Waals surface area contributed by atoms with Crippen LogP contribution in [-0.4, -0.2) is 68.0 Å². The van der Waals surface area contributed by atoms with Gasteiger partial charge in [0.05, 0.1) is 18.7 Å². The fourth-order valence-electron chi connectivity index (χ4n) is 3.27. The van der Waals surface area contributed by atoms with Crippen molar-refractivity contribution in [3.8, 4) is 0 Å². The molecule has 1 amide bonds. The van der Waals surface area contributed by atoms with Crippen LogP contribution in [0.5, 0.6) is 0 Å². The van der Waals surface area contributed by atoms with Crippen LogP contribution in [0, 0.1) is 0 Å². The van der Waals surface area contributed by atoms with Gasteiger partial charge in [0.2, 0.25) is 5.91 Å². The van der Waals surface area contributed by atoms with Gasteiger partial charge in [-0.15, -0.1) is 0 Å². The minimum atomic E-state index is -4.39. The van der Waals surface area contributed by atoms with Gasteiger partial charge in [0, 0.05) is 26.7 Å². The lowest BCUT2D eigenvalue weighted by molar-refractivity contribution is -0.137. The van der Waals surface area contributed by atoms with Crippen molar-refractivity contribution >= 4 is 11.9 Å². The minimum absolute atomic E-state index is 0.0591. The summed E-state index contributed by atoms with van der Waals surface area (Å²) in [5.41, 5.74) is -0.240. The van der Waals surface area contributed by atoms with E-state index in [4.69, 9.17) is 0 Å². The molecular weight excluding hydrogens is 383 g/mol. The maximum absolute atomic E-state index is 12.9. The quantitative estimate of drug-likeness (QED) is 0.532. The van der Waals surface area contributed by atoms with Gasteiger partial charge in [-0.3, -0.25) is 9.69 Å². The lowest BCUT2D eigenvalue weighted by Gasteiger charge is -2.24. The summed E-state index contributed by atoms with van der Waals surface area (Å²) >= 11 is 0. The van der Waals surface area contributed by atoms with Crippen LogP contribution in [0.15, 0.2) is 29.3 Å². The highest BCUT2D eigenvalue weighted by molar-refractivity contribution is 5.86. The third kappa shape index (κ3) is 7.23. The van der Waals surface area contributed by atoms with Crippen molar-refractivity contribution in [2.75, 3.05) is 40.3 Å². The van der Waals surface area contributed by atoms with Gasteiger partial charge >= 0.3 is 6.18 Å². The van der Waals surface area contributed by atoms with Gasteiger partial charge < -0.3 is 15.5 Å². The van der Waals surface area contributed by atoms with Gasteiger partial charge in [-0.05, 0) is 43.6 Å². The van der Waals surface area contributed by atoms with Crippen LogP contribution in [0.1, 0.15) is 30.9 Å². The Balaban J connectivity index is 2.05. The monoisotopic (exact) mass is 413 g/mol. The van der Waals surface area contributed by atoms with Crippen molar-refractivity contribution < 1.29 is 18.0 Å². The Hall–Kier alpha value is -2.29. The molecule has 2 rings (SSSR count). The summed E-state index contributed by atoms with van der Waals surface area (Å²) in [5.74, 6) is 0.301. The third-order valence-electron chi connectivity index (χ3n) is 4.99. The summed E-state index contributed by atoms with van der Waals surface area (Å²) in [7, 11) is 3.32. The highest BCUT2D eigenvalue weighted by Gasteiger charge is 2.30. The highest BCUT2D eigenvalue weighted by Crippen LogP contribution is 2.29. The van der Waals surface area contributed by atoms with Crippen LogP contribution in [-0.2, 0) is 17.5 Å². The van der Waals surface area contributed by atoms with Gasteiger partial charge in [-0.2, -0.15) is 13.2 Å². The third-order valence-corrected chi connectivity index (χ3v) is 4.99. The molecule has 0 saturated carbocycles. The number of carbonyl (C=O) groups excluding carboxylic acids is 1. The number of amides is 1. The normalized spacial score (nSPS) is 18.0. The fourth-order valence-corrected chi connectivity index (χ4v) is 3.27. The molecule has 1 saturated heterocycles. The number of likely N-dealkylation sites (N-methyl/N-ethyl adjacent to an activating group) is 2. The number of nitrogens with zero attached hydrogens (tertiary/aromatic N) is 3. The topological polar surface area (TPSA) is 60.0 Å². The molecule has 2 N–H and O–H groups in total. The maximum atomic E-state index is 12.9. The molecule has 0 radical (unpaired) electrons. The van der Waals surface area contributed by atoms with E-state index in [-0.39, 0.29) is 19.0 Å². The Morgan fingerprint density at radius 2 is 2.07 bits per heavy atom. The molecule has 1 atom stereocenters. The first-order valence-corrected chi connectivity index (χ1v) is 9.83. The lowest BCUT2D eigenvalue weighted by atomic mass is 10.1. The molecule has 6 nitrogen and oxygen atoms in total. The van der Waals surface area contributed by atoms with Crippen LogP contribution < -0.4 is 10.6 Å². The van der Waals surface area contributed by atoms with Crippen LogP contribution in [0.25, 0.3) is 0 Å². The predicted molar refractivity (Wildman–Crippen MR) is 108 cm³/mol. The van der Waals surface area contributed by atoms with Crippen molar-refractivity contribution in [1.29, 1.82) is 0 Å². The summed E-state index contributed by atoms with van der Waals surface area (Å²) in [5, 5.41) is 6.22. The summed E-state index contributed by atoms with van der Waals surface area (Å²) < 4.78 is 38.7. The number of likely N-dealkylation sites (tertiary alicyclic amines) is 1. The zero-order valence-corrected chi connectivity index (χ0v) is 17.2. The lowest BCUT2D eigenvalue weighted by Crippen LogP contribution is -2.47. The second kappa shape index (κ2) is 10.5. The van der Waals surface area contributed by atoms with Crippen molar-refractivity contribution in [2.45, 2.75) is 38.5 Å². The summed E-state index contributed by atoms with van der Waals surface area (Å²) in [4.78, 5) is 20.1. The Bertz CT molecular complexity index is 706. The van der Waals surface area contributed by atoms with Crippen LogP contribution >= 0.6 is 0 Å². The number of nitrogens with one attached hydrogen (secondary N) is 2.